The van der Waals surface area contributed by atoms with Gasteiger partial charge in [0.15, 0.2) is 0 Å². The van der Waals surface area contributed by atoms with Crippen molar-refractivity contribution in [2.45, 2.75) is 20.0 Å². The number of alkyl halides is 3. The Balaban J connectivity index is 1.86. The second-order valence-electron chi connectivity index (χ2n) is 8.10. The van der Waals surface area contributed by atoms with E-state index in [0.717, 1.165) is 34.9 Å². The number of carbonyl (C=O) groups is 1. The zero-order chi connectivity index (χ0) is 25.9. The maximum absolute atomic E-state index is 13.9. The maximum Gasteiger partial charge on any atom is 0.417 e. The summed E-state index contributed by atoms with van der Waals surface area (Å²) in [6, 6.07) is 19.6. The second-order valence-corrected chi connectivity index (χ2v) is 8.10. The largest absolute Gasteiger partial charge is 0.508 e. The Morgan fingerprint density at radius 2 is 1.75 bits per heavy atom. The molecular weight excluding hydrogens is 469 g/mol. The van der Waals surface area contributed by atoms with Gasteiger partial charge in [-0.2, -0.15) is 13.2 Å². The standard InChI is InChI=1S/C29H23F3O4/c1-3-35-26(34)14-10-19-9-12-23(17-25(19)29(30,31)32)36-28-24-13-11-22(33)16-21(24)15-18(2)27(28)20-7-5-4-6-8-20/h4-17,33H,3H2,1-2H3/b14-10+. The third kappa shape index (κ3) is 5.35. The quantitative estimate of drug-likeness (QED) is 0.220. The van der Waals surface area contributed by atoms with Crippen LogP contribution in [0.2, 0.25) is 0 Å². The van der Waals surface area contributed by atoms with Gasteiger partial charge in [-0.3, -0.25) is 0 Å². The van der Waals surface area contributed by atoms with E-state index in [-0.39, 0.29) is 23.7 Å². The molecule has 0 aromatic heterocycles. The van der Waals surface area contributed by atoms with Gasteiger partial charge in [-0.25, -0.2) is 4.79 Å². The molecule has 0 aliphatic heterocycles. The summed E-state index contributed by atoms with van der Waals surface area (Å²) in [5.41, 5.74) is 1.26. The Hall–Kier alpha value is -4.26. The molecule has 4 nitrogen and oxygen atoms in total. The Labute approximate surface area is 206 Å². The van der Waals surface area contributed by atoms with Crippen LogP contribution in [0, 0.1) is 6.92 Å². The number of halogens is 3. The van der Waals surface area contributed by atoms with Gasteiger partial charge in [-0.1, -0.05) is 42.5 Å². The van der Waals surface area contributed by atoms with Crippen LogP contribution in [0.1, 0.15) is 23.6 Å². The van der Waals surface area contributed by atoms with Crippen molar-refractivity contribution in [2.75, 3.05) is 6.61 Å². The average Bonchev–Trinajstić information content (AvgIpc) is 2.83. The molecule has 0 atom stereocenters. The van der Waals surface area contributed by atoms with E-state index in [1.165, 1.54) is 18.2 Å². The highest BCUT2D eigenvalue weighted by atomic mass is 19.4. The number of hydrogen-bond acceptors (Lipinski definition) is 4. The Morgan fingerprint density at radius 1 is 1.00 bits per heavy atom. The van der Waals surface area contributed by atoms with Gasteiger partial charge >= 0.3 is 12.1 Å². The van der Waals surface area contributed by atoms with Gasteiger partial charge in [0.25, 0.3) is 0 Å². The van der Waals surface area contributed by atoms with Crippen molar-refractivity contribution in [1.29, 1.82) is 0 Å². The lowest BCUT2D eigenvalue weighted by Crippen LogP contribution is -2.08. The topological polar surface area (TPSA) is 55.8 Å². The number of rotatable bonds is 6. The highest BCUT2D eigenvalue weighted by molar-refractivity contribution is 5.97. The van der Waals surface area contributed by atoms with Crippen molar-refractivity contribution in [2.24, 2.45) is 0 Å². The van der Waals surface area contributed by atoms with Crippen LogP contribution in [0.3, 0.4) is 0 Å². The fourth-order valence-electron chi connectivity index (χ4n) is 4.02. The third-order valence-corrected chi connectivity index (χ3v) is 5.57. The van der Waals surface area contributed by atoms with E-state index in [1.807, 2.05) is 43.3 Å². The summed E-state index contributed by atoms with van der Waals surface area (Å²) < 4.78 is 52.6. The summed E-state index contributed by atoms with van der Waals surface area (Å²) in [4.78, 5) is 11.6. The molecule has 0 fully saturated rings. The molecule has 36 heavy (non-hydrogen) atoms. The molecule has 0 radical (unpaired) electrons. The minimum absolute atomic E-state index is 0.0206. The van der Waals surface area contributed by atoms with Crippen molar-refractivity contribution in [3.8, 4) is 28.4 Å². The summed E-state index contributed by atoms with van der Waals surface area (Å²) in [5, 5.41) is 11.3. The molecule has 4 aromatic rings. The van der Waals surface area contributed by atoms with Crippen LogP contribution in [0.5, 0.6) is 17.2 Å². The normalized spacial score (nSPS) is 11.7. The molecule has 184 valence electrons. The highest BCUT2D eigenvalue weighted by Crippen LogP contribution is 2.44. The van der Waals surface area contributed by atoms with E-state index < -0.39 is 17.7 Å². The van der Waals surface area contributed by atoms with Crippen LogP contribution >= 0.6 is 0 Å². The number of benzene rings is 4. The smallest absolute Gasteiger partial charge is 0.417 e. The number of fused-ring (bicyclic) bond motifs is 1. The molecule has 0 saturated heterocycles. The number of phenols is 1. The van der Waals surface area contributed by atoms with Gasteiger partial charge in [0, 0.05) is 17.0 Å². The molecule has 0 saturated carbocycles. The number of phenolic OH excluding ortho intramolecular Hbond substituents is 1. The van der Waals surface area contributed by atoms with E-state index >= 15 is 0 Å². The summed E-state index contributed by atoms with van der Waals surface area (Å²) in [5.74, 6) is -0.308. The lowest BCUT2D eigenvalue weighted by Gasteiger charge is -2.19. The molecule has 0 aliphatic carbocycles. The zero-order valence-corrected chi connectivity index (χ0v) is 19.6. The summed E-state index contributed by atoms with van der Waals surface area (Å²) in [7, 11) is 0. The van der Waals surface area contributed by atoms with Crippen LogP contribution in [0.4, 0.5) is 13.2 Å². The minimum atomic E-state index is -4.68. The zero-order valence-electron chi connectivity index (χ0n) is 19.6. The maximum atomic E-state index is 13.9. The van der Waals surface area contributed by atoms with Gasteiger partial charge in [-0.15, -0.1) is 0 Å². The highest BCUT2D eigenvalue weighted by Gasteiger charge is 2.33. The number of ether oxygens (including phenoxy) is 2. The SMILES string of the molecule is CCOC(=O)/C=C/c1ccc(Oc2c(-c3ccccc3)c(C)cc3cc(O)ccc23)cc1C(F)(F)F. The van der Waals surface area contributed by atoms with Crippen LogP contribution < -0.4 is 4.74 Å². The first-order valence-electron chi connectivity index (χ1n) is 11.2. The minimum Gasteiger partial charge on any atom is -0.508 e. The number of aromatic hydroxyl groups is 1. The molecule has 0 aliphatic rings. The van der Waals surface area contributed by atoms with E-state index in [2.05, 4.69) is 0 Å². The lowest BCUT2D eigenvalue weighted by molar-refractivity contribution is -0.138. The fourth-order valence-corrected chi connectivity index (χ4v) is 4.02. The van der Waals surface area contributed by atoms with Crippen LogP contribution in [0.15, 0.2) is 78.9 Å². The first kappa shape index (κ1) is 24.9. The number of carbonyl (C=O) groups excluding carboxylic acids is 1. The molecule has 0 unspecified atom stereocenters. The van der Waals surface area contributed by atoms with Crippen molar-refractivity contribution in [1.82, 2.24) is 0 Å². The molecule has 0 amide bonds. The molecule has 0 spiro atoms. The second kappa shape index (κ2) is 10.2. The van der Waals surface area contributed by atoms with Crippen molar-refractivity contribution < 1.29 is 32.5 Å². The summed E-state index contributed by atoms with van der Waals surface area (Å²) in [6.45, 7) is 3.61. The third-order valence-electron chi connectivity index (χ3n) is 5.57. The van der Waals surface area contributed by atoms with Gasteiger partial charge in [0.05, 0.1) is 12.2 Å². The van der Waals surface area contributed by atoms with Gasteiger partial charge in [0.2, 0.25) is 0 Å². The van der Waals surface area contributed by atoms with E-state index in [4.69, 9.17) is 9.47 Å². The summed E-state index contributed by atoms with van der Waals surface area (Å²) in [6.07, 6.45) is -2.65. The predicted octanol–water partition coefficient (Wildman–Crippen LogP) is 7.91. The van der Waals surface area contributed by atoms with Crippen LogP contribution in [-0.2, 0) is 15.7 Å². The summed E-state index contributed by atoms with van der Waals surface area (Å²) >= 11 is 0. The Bertz CT molecular complexity index is 1440. The molecule has 0 heterocycles. The van der Waals surface area contributed by atoms with E-state index in [1.54, 1.807) is 19.1 Å². The van der Waals surface area contributed by atoms with E-state index in [9.17, 15) is 23.1 Å². The van der Waals surface area contributed by atoms with Crippen molar-refractivity contribution >= 4 is 22.8 Å². The van der Waals surface area contributed by atoms with Gasteiger partial charge in [0.1, 0.15) is 17.2 Å². The predicted molar refractivity (Wildman–Crippen MR) is 133 cm³/mol. The van der Waals surface area contributed by atoms with Crippen molar-refractivity contribution in [3.05, 3.63) is 95.6 Å². The van der Waals surface area contributed by atoms with E-state index in [0.29, 0.717) is 16.5 Å². The number of esters is 1. The van der Waals surface area contributed by atoms with Crippen LogP contribution in [0.25, 0.3) is 28.0 Å². The number of hydrogen-bond donors (Lipinski definition) is 1. The van der Waals surface area contributed by atoms with Gasteiger partial charge < -0.3 is 14.6 Å². The first-order valence-corrected chi connectivity index (χ1v) is 11.2. The fraction of sp³-hybridized carbons (Fsp3) is 0.138. The molecule has 0 bridgehead atoms. The van der Waals surface area contributed by atoms with Gasteiger partial charge in [-0.05, 0) is 72.3 Å². The monoisotopic (exact) mass is 492 g/mol. The van der Waals surface area contributed by atoms with Crippen LogP contribution in [-0.4, -0.2) is 17.7 Å². The Morgan fingerprint density at radius 3 is 2.44 bits per heavy atom. The van der Waals surface area contributed by atoms with Crippen molar-refractivity contribution in [3.63, 3.8) is 0 Å². The lowest BCUT2D eigenvalue weighted by atomic mass is 9.94. The molecular formula is C29H23F3O4. The average molecular weight is 492 g/mol. The molecule has 7 heteroatoms. The Kier molecular flexibility index (Phi) is 7.01. The molecule has 4 aromatic carbocycles. The molecule has 4 rings (SSSR count). The first-order chi connectivity index (χ1) is 17.2. The number of aryl methyl sites for hydroxylation is 1. The molecule has 1 N–H and O–H groups in total.